The predicted octanol–water partition coefficient (Wildman–Crippen LogP) is 1.92. The van der Waals surface area contributed by atoms with Crippen LogP contribution < -0.4 is 0 Å². The minimum Gasteiger partial charge on any atom is -0.376 e. The zero-order chi connectivity index (χ0) is 10.1. The Morgan fingerprint density at radius 3 is 2.71 bits per heavy atom. The van der Waals surface area contributed by atoms with E-state index in [0.717, 1.165) is 4.57 Å². The van der Waals surface area contributed by atoms with E-state index in [1.165, 1.54) is 0 Å². The molecule has 0 unspecified atom stereocenters. The van der Waals surface area contributed by atoms with Gasteiger partial charge in [-0.1, -0.05) is 12.1 Å². The standard InChI is InChI=1S/C9H8F2N2O/c10-8(11)9-12-6-3-1-2-4-7(6)13(9)5-14/h1-4,8,14H,5H2. The summed E-state index contributed by atoms with van der Waals surface area (Å²) < 4.78 is 26.0. The second-order valence-corrected chi connectivity index (χ2v) is 2.83. The first-order chi connectivity index (χ1) is 6.74. The largest absolute Gasteiger partial charge is 0.376 e. The number of aliphatic hydroxyl groups excluding tert-OH is 1. The number of rotatable bonds is 2. The van der Waals surface area contributed by atoms with Crippen molar-refractivity contribution in [3.63, 3.8) is 0 Å². The number of nitrogens with zero attached hydrogens (tertiary/aromatic N) is 2. The lowest BCUT2D eigenvalue weighted by atomic mass is 10.3. The average Bonchev–Trinajstić information content (AvgIpc) is 2.56. The number of fused-ring (bicyclic) bond motifs is 1. The fourth-order valence-corrected chi connectivity index (χ4v) is 1.41. The van der Waals surface area contributed by atoms with E-state index in [0.29, 0.717) is 11.0 Å². The van der Waals surface area contributed by atoms with Crippen LogP contribution in [0.15, 0.2) is 24.3 Å². The van der Waals surface area contributed by atoms with E-state index >= 15 is 0 Å². The molecule has 0 aliphatic carbocycles. The van der Waals surface area contributed by atoms with Gasteiger partial charge < -0.3 is 5.11 Å². The molecule has 0 fully saturated rings. The molecule has 0 amide bonds. The zero-order valence-electron chi connectivity index (χ0n) is 7.19. The van der Waals surface area contributed by atoms with Crippen LogP contribution in [0.3, 0.4) is 0 Å². The Bertz CT molecular complexity index is 453. The van der Waals surface area contributed by atoms with Gasteiger partial charge in [0.1, 0.15) is 6.73 Å². The van der Waals surface area contributed by atoms with Crippen LogP contribution in [0.25, 0.3) is 11.0 Å². The molecule has 0 saturated heterocycles. The number of aliphatic hydroxyl groups is 1. The van der Waals surface area contributed by atoms with E-state index in [-0.39, 0.29) is 0 Å². The third-order valence-electron chi connectivity index (χ3n) is 2.02. The monoisotopic (exact) mass is 198 g/mol. The summed E-state index contributed by atoms with van der Waals surface area (Å²) in [6.07, 6.45) is -2.67. The van der Waals surface area contributed by atoms with Crippen molar-refractivity contribution in [2.75, 3.05) is 0 Å². The Morgan fingerprint density at radius 1 is 1.36 bits per heavy atom. The average molecular weight is 198 g/mol. The van der Waals surface area contributed by atoms with Crippen molar-refractivity contribution in [2.45, 2.75) is 13.2 Å². The molecule has 0 saturated carbocycles. The maximum Gasteiger partial charge on any atom is 0.295 e. The summed E-state index contributed by atoms with van der Waals surface area (Å²) >= 11 is 0. The third-order valence-corrected chi connectivity index (χ3v) is 2.02. The molecule has 2 aromatic rings. The molecule has 0 radical (unpaired) electrons. The predicted molar refractivity (Wildman–Crippen MR) is 46.9 cm³/mol. The number of hydrogen-bond donors (Lipinski definition) is 1. The van der Waals surface area contributed by atoms with Crippen LogP contribution in [-0.4, -0.2) is 14.7 Å². The Kier molecular flexibility index (Phi) is 2.17. The van der Waals surface area contributed by atoms with Crippen LogP contribution in [0.2, 0.25) is 0 Å². The lowest BCUT2D eigenvalue weighted by Crippen LogP contribution is -2.03. The molecule has 1 heterocycles. The number of hydrogen-bond acceptors (Lipinski definition) is 2. The number of aromatic nitrogens is 2. The van der Waals surface area contributed by atoms with E-state index in [2.05, 4.69) is 4.98 Å². The number of para-hydroxylation sites is 2. The first-order valence-electron chi connectivity index (χ1n) is 4.08. The summed E-state index contributed by atoms with van der Waals surface area (Å²) in [6, 6.07) is 6.70. The Hall–Kier alpha value is -1.49. The number of halogens is 2. The van der Waals surface area contributed by atoms with Gasteiger partial charge in [-0.05, 0) is 12.1 Å². The second kappa shape index (κ2) is 3.34. The molecular weight excluding hydrogens is 190 g/mol. The van der Waals surface area contributed by atoms with Crippen LogP contribution in [0.5, 0.6) is 0 Å². The molecule has 74 valence electrons. The van der Waals surface area contributed by atoms with E-state index in [4.69, 9.17) is 5.11 Å². The van der Waals surface area contributed by atoms with Crippen molar-refractivity contribution in [1.29, 1.82) is 0 Å². The molecule has 0 spiro atoms. The van der Waals surface area contributed by atoms with E-state index in [1.54, 1.807) is 24.3 Å². The normalized spacial score (nSPS) is 11.4. The highest BCUT2D eigenvalue weighted by molar-refractivity contribution is 5.75. The first kappa shape index (κ1) is 9.08. The highest BCUT2D eigenvalue weighted by Crippen LogP contribution is 2.23. The van der Waals surface area contributed by atoms with Gasteiger partial charge in [-0.2, -0.15) is 0 Å². The smallest absolute Gasteiger partial charge is 0.295 e. The van der Waals surface area contributed by atoms with Crippen molar-refractivity contribution >= 4 is 11.0 Å². The molecule has 5 heteroatoms. The van der Waals surface area contributed by atoms with Gasteiger partial charge in [-0.3, -0.25) is 4.57 Å². The molecule has 1 aromatic carbocycles. The number of imidazole rings is 1. The molecule has 0 atom stereocenters. The fourth-order valence-electron chi connectivity index (χ4n) is 1.41. The molecular formula is C9H8F2N2O. The van der Waals surface area contributed by atoms with E-state index in [9.17, 15) is 8.78 Å². The van der Waals surface area contributed by atoms with Gasteiger partial charge in [-0.15, -0.1) is 0 Å². The molecule has 1 N–H and O–H groups in total. The number of alkyl halides is 2. The molecule has 0 aliphatic rings. The summed E-state index contributed by atoms with van der Waals surface area (Å²) in [7, 11) is 0. The molecule has 3 nitrogen and oxygen atoms in total. The van der Waals surface area contributed by atoms with Crippen molar-refractivity contribution in [2.24, 2.45) is 0 Å². The van der Waals surface area contributed by atoms with Gasteiger partial charge in [0, 0.05) is 0 Å². The van der Waals surface area contributed by atoms with Crippen LogP contribution in [0, 0.1) is 0 Å². The number of benzene rings is 1. The molecule has 14 heavy (non-hydrogen) atoms. The van der Waals surface area contributed by atoms with Gasteiger partial charge in [0.25, 0.3) is 6.43 Å². The lowest BCUT2D eigenvalue weighted by Gasteiger charge is -2.02. The maximum atomic E-state index is 12.5. The quantitative estimate of drug-likeness (QED) is 0.800. The van der Waals surface area contributed by atoms with Crippen molar-refractivity contribution in [1.82, 2.24) is 9.55 Å². The van der Waals surface area contributed by atoms with Crippen LogP contribution in [-0.2, 0) is 6.73 Å². The summed E-state index contributed by atoms with van der Waals surface area (Å²) in [5.41, 5.74) is 0.988. The maximum absolute atomic E-state index is 12.5. The van der Waals surface area contributed by atoms with Crippen LogP contribution >= 0.6 is 0 Å². The minimum atomic E-state index is -2.67. The molecule has 0 aliphatic heterocycles. The van der Waals surface area contributed by atoms with Gasteiger partial charge in [0.15, 0.2) is 5.82 Å². The minimum absolute atomic E-state index is 0.395. The SMILES string of the molecule is OCn1c(C(F)F)nc2ccccc21. The van der Waals surface area contributed by atoms with Gasteiger partial charge in [0.2, 0.25) is 0 Å². The Balaban J connectivity index is 2.72. The summed E-state index contributed by atoms with van der Waals surface area (Å²) in [4.78, 5) is 3.74. The van der Waals surface area contributed by atoms with Gasteiger partial charge >= 0.3 is 0 Å². The lowest BCUT2D eigenvalue weighted by molar-refractivity contribution is 0.121. The zero-order valence-corrected chi connectivity index (χ0v) is 7.19. The summed E-state index contributed by atoms with van der Waals surface area (Å²) in [6.45, 7) is -0.486. The van der Waals surface area contributed by atoms with E-state index in [1.807, 2.05) is 0 Å². The molecule has 1 aromatic heterocycles. The second-order valence-electron chi connectivity index (χ2n) is 2.83. The van der Waals surface area contributed by atoms with Gasteiger partial charge in [0.05, 0.1) is 11.0 Å². The van der Waals surface area contributed by atoms with Crippen molar-refractivity contribution < 1.29 is 13.9 Å². The van der Waals surface area contributed by atoms with Crippen molar-refractivity contribution in [3.8, 4) is 0 Å². The highest BCUT2D eigenvalue weighted by Gasteiger charge is 2.17. The highest BCUT2D eigenvalue weighted by atomic mass is 19.3. The van der Waals surface area contributed by atoms with Crippen LogP contribution in [0.1, 0.15) is 12.2 Å². The Labute approximate surface area is 78.6 Å². The third kappa shape index (κ3) is 1.26. The first-order valence-corrected chi connectivity index (χ1v) is 4.08. The Morgan fingerprint density at radius 2 is 2.07 bits per heavy atom. The molecule has 2 rings (SSSR count). The summed E-state index contributed by atoms with van der Waals surface area (Å²) in [5, 5.41) is 8.94. The topological polar surface area (TPSA) is 38.0 Å². The van der Waals surface area contributed by atoms with E-state index < -0.39 is 19.0 Å². The fraction of sp³-hybridized carbons (Fsp3) is 0.222. The van der Waals surface area contributed by atoms with Gasteiger partial charge in [-0.25, -0.2) is 13.8 Å². The summed E-state index contributed by atoms with van der Waals surface area (Å²) in [5.74, 6) is -0.395. The van der Waals surface area contributed by atoms with Crippen molar-refractivity contribution in [3.05, 3.63) is 30.1 Å². The molecule has 0 bridgehead atoms. The van der Waals surface area contributed by atoms with Crippen LogP contribution in [0.4, 0.5) is 8.78 Å².